The number of carbonyl (C=O) groups excluding carboxylic acids is 3. The van der Waals surface area contributed by atoms with Crippen molar-refractivity contribution in [3.8, 4) is 0 Å². The van der Waals surface area contributed by atoms with Crippen molar-refractivity contribution >= 4 is 33.6 Å². The molecule has 0 radical (unpaired) electrons. The Balaban J connectivity index is 4.65. The van der Waals surface area contributed by atoms with E-state index < -0.39 is 91.5 Å². The molecule has 0 aromatic heterocycles. The van der Waals surface area contributed by atoms with Gasteiger partial charge in [0.25, 0.3) is 0 Å². The normalized spacial score (nSPS) is 14.5. The number of carbonyl (C=O) groups is 3. The number of hydrogen-bond donors (Lipinski definition) is 4. The van der Waals surface area contributed by atoms with E-state index in [9.17, 15) is 43.5 Å². The Hall–Kier alpha value is -5.09. The minimum atomic E-state index is -4.95. The van der Waals surface area contributed by atoms with Crippen LogP contribution in [0.4, 0.5) is 0 Å². The molecule has 0 aromatic rings. The largest absolute Gasteiger partial charge is 0.472 e. The zero-order valence-corrected chi connectivity index (χ0v) is 77.0. The highest BCUT2D eigenvalue weighted by Gasteiger charge is 2.29. The standard InChI is InChI=1S/C101H172O16P2/c1-4-7-10-13-16-19-22-25-28-31-34-37-40-43-45-46-47-48-50-53-54-57-60-63-66-69-72-75-78-81-84-87-99(104)111-90-96(102)91-113-118(107,108)114-92-97(103)93-115-119(109,110)116-95-98(117-101(106)89-86-83-80-77-74-71-68-65-62-59-56-51-42-39-36-33-30-27-24-21-18-15-12-9-6-3)94-112-100(105)88-85-82-79-76-73-70-67-64-61-58-55-52-49-44-41-38-35-32-29-26-23-20-17-14-11-8-5-2/h9,12,16-21,25-30,34-39,43-45,49,51,56,62,65,96-98,102-103H,4-8,10-11,13-15,22-24,31-33,40-42,46-48,50,52-55,57-61,63-64,66-95H2,1-3H3,(H,107,108)(H,109,110)/b12-9-,19-16-,20-17-,21-18-,28-25-,29-26-,30-27-,37-34-,38-35-,39-36-,45-43-,49-44-,56-51-,65-62-. The zero-order chi connectivity index (χ0) is 86.5. The predicted octanol–water partition coefficient (Wildman–Crippen LogP) is 29.4. The first kappa shape index (κ1) is 114. The first-order valence-corrected chi connectivity index (χ1v) is 50.4. The van der Waals surface area contributed by atoms with Gasteiger partial charge in [0.2, 0.25) is 0 Å². The Labute approximate surface area is 726 Å². The minimum absolute atomic E-state index is 0.0815. The van der Waals surface area contributed by atoms with E-state index in [0.717, 1.165) is 167 Å². The number of hydrogen-bond acceptors (Lipinski definition) is 14. The second-order valence-corrected chi connectivity index (χ2v) is 34.3. The van der Waals surface area contributed by atoms with Crippen LogP contribution in [0.25, 0.3) is 0 Å². The van der Waals surface area contributed by atoms with Crippen LogP contribution in [0.3, 0.4) is 0 Å². The Morgan fingerprint density at radius 3 is 0.706 bits per heavy atom. The fourth-order valence-corrected chi connectivity index (χ4v) is 14.3. The number of aliphatic hydroxyl groups excluding tert-OH is 2. The maximum atomic E-state index is 13.1. The molecule has 0 spiro atoms. The van der Waals surface area contributed by atoms with Gasteiger partial charge in [0.15, 0.2) is 6.10 Å². The second-order valence-electron chi connectivity index (χ2n) is 31.4. The zero-order valence-electron chi connectivity index (χ0n) is 75.2. The highest BCUT2D eigenvalue weighted by molar-refractivity contribution is 7.47. The number of phosphoric acid groups is 2. The SMILES string of the molecule is CC/C=C\C/C=C\C/C=C\C/C=C\C/C=C\C/C=C\CCCCCCCCC(=O)OC(COC(=O)CCCCCCCCCCCCC/C=C\C/C=C\C/C=C\C/C=C\CCCCC)COP(=O)(O)OCC(O)COP(=O)(O)OCC(O)COC(=O)CCCCCCCCCCCCCCCCC/C=C\C/C=C\C/C=C\C/C=C\CCCCC. The van der Waals surface area contributed by atoms with Gasteiger partial charge >= 0.3 is 33.6 Å². The Kier molecular flexibility index (Phi) is 88.2. The second kappa shape index (κ2) is 92.1. The molecule has 0 aliphatic rings. The molecule has 682 valence electrons. The van der Waals surface area contributed by atoms with Crippen molar-refractivity contribution in [2.75, 3.05) is 39.6 Å². The van der Waals surface area contributed by atoms with Gasteiger partial charge in [0, 0.05) is 19.3 Å². The summed E-state index contributed by atoms with van der Waals surface area (Å²) in [6, 6.07) is 0. The van der Waals surface area contributed by atoms with E-state index in [4.69, 9.17) is 32.3 Å². The summed E-state index contributed by atoms with van der Waals surface area (Å²) in [6.07, 6.45) is 120. The number of ether oxygens (including phenoxy) is 3. The van der Waals surface area contributed by atoms with Gasteiger partial charge in [0.05, 0.1) is 26.4 Å². The molecule has 0 bridgehead atoms. The summed E-state index contributed by atoms with van der Waals surface area (Å²) in [5, 5.41) is 20.8. The summed E-state index contributed by atoms with van der Waals surface area (Å²) < 4.78 is 61.5. The van der Waals surface area contributed by atoms with Gasteiger partial charge in [-0.25, -0.2) is 9.13 Å². The predicted molar refractivity (Wildman–Crippen MR) is 500 cm³/mol. The molecule has 18 heteroatoms. The lowest BCUT2D eigenvalue weighted by Gasteiger charge is -2.21. The smallest absolute Gasteiger partial charge is 0.463 e. The summed E-state index contributed by atoms with van der Waals surface area (Å²) in [6.45, 7) is 2.54. The summed E-state index contributed by atoms with van der Waals surface area (Å²) in [5.41, 5.74) is 0. The van der Waals surface area contributed by atoms with E-state index in [0.29, 0.717) is 19.3 Å². The van der Waals surface area contributed by atoms with Crippen LogP contribution < -0.4 is 0 Å². The van der Waals surface area contributed by atoms with Gasteiger partial charge in [-0.05, 0) is 161 Å². The van der Waals surface area contributed by atoms with Crippen LogP contribution in [0.1, 0.15) is 393 Å². The number of esters is 3. The van der Waals surface area contributed by atoms with Crippen LogP contribution in [0.5, 0.6) is 0 Å². The molecule has 0 fully saturated rings. The molecule has 4 N–H and O–H groups in total. The average molecular weight is 1700 g/mol. The molecule has 0 aliphatic heterocycles. The van der Waals surface area contributed by atoms with Crippen molar-refractivity contribution < 1.29 is 75.8 Å². The number of aliphatic hydroxyl groups is 2. The van der Waals surface area contributed by atoms with Gasteiger partial charge < -0.3 is 34.2 Å². The molecule has 5 unspecified atom stereocenters. The number of unbranched alkanes of at least 4 members (excludes halogenated alkanes) is 38. The van der Waals surface area contributed by atoms with Crippen LogP contribution in [0.15, 0.2) is 170 Å². The van der Waals surface area contributed by atoms with Crippen molar-refractivity contribution in [3.63, 3.8) is 0 Å². The van der Waals surface area contributed by atoms with Crippen LogP contribution >= 0.6 is 15.6 Å². The average Bonchev–Trinajstić information content (AvgIpc) is 0.905. The van der Waals surface area contributed by atoms with E-state index in [2.05, 4.69) is 191 Å². The molecule has 0 saturated heterocycles. The first-order chi connectivity index (χ1) is 58.2. The van der Waals surface area contributed by atoms with Crippen molar-refractivity contribution in [1.29, 1.82) is 0 Å². The van der Waals surface area contributed by atoms with Crippen LogP contribution in [0, 0.1) is 0 Å². The van der Waals surface area contributed by atoms with Crippen molar-refractivity contribution in [3.05, 3.63) is 170 Å². The van der Waals surface area contributed by atoms with E-state index in [1.165, 1.54) is 167 Å². The van der Waals surface area contributed by atoms with Crippen molar-refractivity contribution in [2.45, 2.75) is 411 Å². The Morgan fingerprint density at radius 2 is 0.445 bits per heavy atom. The number of phosphoric ester groups is 2. The van der Waals surface area contributed by atoms with Crippen LogP contribution in [0.2, 0.25) is 0 Å². The van der Waals surface area contributed by atoms with Gasteiger partial charge in [0.1, 0.15) is 25.4 Å². The molecule has 0 rings (SSSR count). The van der Waals surface area contributed by atoms with Gasteiger partial charge in [-0.1, -0.05) is 384 Å². The van der Waals surface area contributed by atoms with E-state index >= 15 is 0 Å². The van der Waals surface area contributed by atoms with Crippen molar-refractivity contribution in [2.24, 2.45) is 0 Å². The molecule has 0 aliphatic carbocycles. The third kappa shape index (κ3) is 93.5. The van der Waals surface area contributed by atoms with Gasteiger partial charge in [-0.2, -0.15) is 0 Å². The monoisotopic (exact) mass is 1700 g/mol. The molecule has 0 amide bonds. The van der Waals surface area contributed by atoms with Crippen molar-refractivity contribution in [1.82, 2.24) is 0 Å². The molecule has 119 heavy (non-hydrogen) atoms. The summed E-state index contributed by atoms with van der Waals surface area (Å²) in [5.74, 6) is -1.59. The molecule has 0 heterocycles. The Bertz CT molecular complexity index is 2840. The van der Waals surface area contributed by atoms with E-state index in [-0.39, 0.29) is 19.3 Å². The van der Waals surface area contributed by atoms with Gasteiger partial charge in [-0.15, -0.1) is 0 Å². The maximum absolute atomic E-state index is 13.1. The first-order valence-electron chi connectivity index (χ1n) is 47.4. The highest BCUT2D eigenvalue weighted by atomic mass is 31.2. The Morgan fingerprint density at radius 1 is 0.244 bits per heavy atom. The molecular formula is C101H172O16P2. The quantitative estimate of drug-likeness (QED) is 0.0146. The number of allylic oxidation sites excluding steroid dienone is 28. The summed E-state index contributed by atoms with van der Waals surface area (Å²) in [4.78, 5) is 59.1. The highest BCUT2D eigenvalue weighted by Crippen LogP contribution is 2.45. The summed E-state index contributed by atoms with van der Waals surface area (Å²) in [7, 11) is -9.82. The molecule has 0 saturated carbocycles. The van der Waals surface area contributed by atoms with Crippen LogP contribution in [-0.4, -0.2) is 95.9 Å². The third-order valence-electron chi connectivity index (χ3n) is 19.9. The lowest BCUT2D eigenvalue weighted by molar-refractivity contribution is -0.161. The maximum Gasteiger partial charge on any atom is 0.472 e. The fourth-order valence-electron chi connectivity index (χ4n) is 12.7. The third-order valence-corrected chi connectivity index (χ3v) is 21.8. The topological polar surface area (TPSA) is 231 Å². The van der Waals surface area contributed by atoms with Crippen LogP contribution in [-0.2, 0) is 55.8 Å². The lowest BCUT2D eigenvalue weighted by Crippen LogP contribution is -2.30. The fraction of sp³-hybridized carbons (Fsp3) is 0.693. The summed E-state index contributed by atoms with van der Waals surface area (Å²) >= 11 is 0. The molecule has 16 nitrogen and oxygen atoms in total. The molecule has 0 aromatic carbocycles. The lowest BCUT2D eigenvalue weighted by atomic mass is 10.0. The molecule has 5 atom stereocenters. The van der Waals surface area contributed by atoms with E-state index in [1.54, 1.807) is 0 Å². The minimum Gasteiger partial charge on any atom is -0.463 e. The van der Waals surface area contributed by atoms with E-state index in [1.807, 2.05) is 0 Å². The molecular weight excluding hydrogens is 1530 g/mol. The van der Waals surface area contributed by atoms with Gasteiger partial charge in [-0.3, -0.25) is 32.5 Å². The number of rotatable bonds is 89.